The van der Waals surface area contributed by atoms with Crippen LogP contribution in [0.5, 0.6) is 0 Å². The molecule has 1 fully saturated rings. The summed E-state index contributed by atoms with van der Waals surface area (Å²) in [5.41, 5.74) is 5.61. The average molecular weight is 242 g/mol. The summed E-state index contributed by atoms with van der Waals surface area (Å²) in [5.74, 6) is 0.142. The van der Waals surface area contributed by atoms with Gasteiger partial charge in [0.05, 0.1) is 0 Å². The quantitative estimate of drug-likeness (QED) is 0.768. The van der Waals surface area contributed by atoms with E-state index in [-0.39, 0.29) is 12.0 Å². The first-order chi connectivity index (χ1) is 8.24. The van der Waals surface area contributed by atoms with Crippen molar-refractivity contribution in [3.8, 4) is 0 Å². The molecule has 2 N–H and O–H groups in total. The fourth-order valence-electron chi connectivity index (χ4n) is 2.46. The molecule has 0 bridgehead atoms. The Kier molecular flexibility index (Phi) is 6.52. The first-order valence-corrected chi connectivity index (χ1v) is 6.86. The largest absolute Gasteiger partial charge is 0.368 e. The van der Waals surface area contributed by atoms with Crippen molar-refractivity contribution in [1.82, 2.24) is 4.90 Å². The number of nitrogens with two attached hydrogens (primary N) is 1. The molecular formula is C13H26N2O2. The molecule has 1 atom stereocenters. The number of carbonyl (C=O) groups is 1. The zero-order valence-electron chi connectivity index (χ0n) is 11.2. The van der Waals surface area contributed by atoms with Crippen LogP contribution in [-0.2, 0) is 9.53 Å². The normalized spacial score (nSPS) is 20.6. The van der Waals surface area contributed by atoms with Crippen molar-refractivity contribution < 1.29 is 9.53 Å². The van der Waals surface area contributed by atoms with E-state index in [1.807, 2.05) is 4.90 Å². The summed E-state index contributed by atoms with van der Waals surface area (Å²) in [6.07, 6.45) is 4.77. The van der Waals surface area contributed by atoms with Gasteiger partial charge in [0.25, 0.3) is 5.91 Å². The van der Waals surface area contributed by atoms with Gasteiger partial charge in [0.2, 0.25) is 0 Å². The lowest BCUT2D eigenvalue weighted by Crippen LogP contribution is -2.48. The molecule has 0 aromatic carbocycles. The van der Waals surface area contributed by atoms with E-state index in [4.69, 9.17) is 10.5 Å². The zero-order chi connectivity index (χ0) is 12.7. The lowest BCUT2D eigenvalue weighted by atomic mass is 10.0. The van der Waals surface area contributed by atoms with E-state index in [1.165, 1.54) is 0 Å². The molecule has 1 rings (SSSR count). The van der Waals surface area contributed by atoms with E-state index in [9.17, 15) is 4.79 Å². The van der Waals surface area contributed by atoms with Gasteiger partial charge < -0.3 is 15.4 Å². The lowest BCUT2D eigenvalue weighted by molar-refractivity contribution is -0.149. The number of rotatable bonds is 6. The minimum atomic E-state index is -0.226. The fraction of sp³-hybridized carbons (Fsp3) is 0.923. The minimum Gasteiger partial charge on any atom is -0.368 e. The Morgan fingerprint density at radius 1 is 1.41 bits per heavy atom. The van der Waals surface area contributed by atoms with Gasteiger partial charge in [-0.3, -0.25) is 4.79 Å². The van der Waals surface area contributed by atoms with Crippen molar-refractivity contribution in [1.29, 1.82) is 0 Å². The monoisotopic (exact) mass is 242 g/mol. The second-order valence-electron chi connectivity index (χ2n) is 4.65. The molecule has 0 spiro atoms. The van der Waals surface area contributed by atoms with E-state index in [1.54, 1.807) is 0 Å². The predicted octanol–water partition coefficient (Wildman–Crippen LogP) is 1.53. The third kappa shape index (κ3) is 3.96. The van der Waals surface area contributed by atoms with Gasteiger partial charge in [-0.25, -0.2) is 0 Å². The summed E-state index contributed by atoms with van der Waals surface area (Å²) in [4.78, 5) is 14.3. The maximum atomic E-state index is 12.4. The lowest BCUT2D eigenvalue weighted by Gasteiger charge is -2.34. The van der Waals surface area contributed by atoms with Crippen molar-refractivity contribution in [2.75, 3.05) is 19.7 Å². The molecule has 0 radical (unpaired) electrons. The molecule has 0 aromatic rings. The Hall–Kier alpha value is -0.610. The first-order valence-electron chi connectivity index (χ1n) is 6.86. The highest BCUT2D eigenvalue weighted by Crippen LogP contribution is 2.18. The van der Waals surface area contributed by atoms with Gasteiger partial charge in [-0.05, 0) is 32.1 Å². The van der Waals surface area contributed by atoms with Crippen LogP contribution in [0.4, 0.5) is 0 Å². The first kappa shape index (κ1) is 14.5. The molecule has 1 unspecified atom stereocenters. The molecule has 4 heteroatoms. The van der Waals surface area contributed by atoms with E-state index in [0.29, 0.717) is 19.1 Å². The Morgan fingerprint density at radius 3 is 2.59 bits per heavy atom. The number of nitrogens with zero attached hydrogens (tertiary/aromatic N) is 1. The molecule has 1 aliphatic heterocycles. The Balaban J connectivity index is 2.63. The summed E-state index contributed by atoms with van der Waals surface area (Å²) in [6, 6.07) is 0.302. The molecule has 4 nitrogen and oxygen atoms in total. The topological polar surface area (TPSA) is 55.6 Å². The highest BCUT2D eigenvalue weighted by atomic mass is 16.5. The number of amides is 1. The Labute approximate surface area is 104 Å². The standard InChI is InChI=1S/C13H26N2O2/c1-3-11(4-2)15(9-8-14)13(16)12-7-5-6-10-17-12/h11-12H,3-10,14H2,1-2H3. The van der Waals surface area contributed by atoms with Crippen LogP contribution in [0.2, 0.25) is 0 Å². The van der Waals surface area contributed by atoms with E-state index in [2.05, 4.69) is 13.8 Å². The van der Waals surface area contributed by atoms with Crippen LogP contribution < -0.4 is 5.73 Å². The van der Waals surface area contributed by atoms with Crippen LogP contribution in [0.3, 0.4) is 0 Å². The number of ether oxygens (including phenoxy) is 1. The highest BCUT2D eigenvalue weighted by molar-refractivity contribution is 5.81. The van der Waals surface area contributed by atoms with Crippen LogP contribution in [-0.4, -0.2) is 42.6 Å². The van der Waals surface area contributed by atoms with Crippen LogP contribution in [0.25, 0.3) is 0 Å². The molecule has 100 valence electrons. The second kappa shape index (κ2) is 7.67. The number of carbonyl (C=O) groups excluding carboxylic acids is 1. The van der Waals surface area contributed by atoms with Gasteiger partial charge in [-0.15, -0.1) is 0 Å². The Morgan fingerprint density at radius 2 is 2.12 bits per heavy atom. The average Bonchev–Trinajstić information content (AvgIpc) is 2.39. The van der Waals surface area contributed by atoms with E-state index < -0.39 is 0 Å². The number of hydrogen-bond acceptors (Lipinski definition) is 3. The number of hydrogen-bond donors (Lipinski definition) is 1. The molecule has 1 aliphatic rings. The van der Waals surface area contributed by atoms with Crippen LogP contribution in [0.1, 0.15) is 46.0 Å². The Bertz CT molecular complexity index is 223. The minimum absolute atomic E-state index is 0.142. The maximum absolute atomic E-state index is 12.4. The summed E-state index contributed by atoms with van der Waals surface area (Å²) < 4.78 is 5.57. The second-order valence-corrected chi connectivity index (χ2v) is 4.65. The SMILES string of the molecule is CCC(CC)N(CCN)C(=O)C1CCCCO1. The van der Waals surface area contributed by atoms with Gasteiger partial charge in [0.15, 0.2) is 0 Å². The molecular weight excluding hydrogens is 216 g/mol. The summed E-state index contributed by atoms with van der Waals surface area (Å²) in [5, 5.41) is 0. The fourth-order valence-corrected chi connectivity index (χ4v) is 2.46. The van der Waals surface area contributed by atoms with Gasteiger partial charge in [-0.2, -0.15) is 0 Å². The summed E-state index contributed by atoms with van der Waals surface area (Å²) in [6.45, 7) is 6.12. The van der Waals surface area contributed by atoms with Crippen molar-refractivity contribution in [2.45, 2.75) is 58.1 Å². The molecule has 0 aliphatic carbocycles. The van der Waals surface area contributed by atoms with Crippen molar-refractivity contribution in [3.05, 3.63) is 0 Å². The van der Waals surface area contributed by atoms with Crippen LogP contribution in [0.15, 0.2) is 0 Å². The molecule has 0 saturated carbocycles. The molecule has 1 amide bonds. The van der Waals surface area contributed by atoms with Crippen molar-refractivity contribution in [3.63, 3.8) is 0 Å². The van der Waals surface area contributed by atoms with Crippen molar-refractivity contribution >= 4 is 5.91 Å². The summed E-state index contributed by atoms with van der Waals surface area (Å²) in [7, 11) is 0. The predicted molar refractivity (Wildman–Crippen MR) is 68.7 cm³/mol. The van der Waals surface area contributed by atoms with Gasteiger partial charge in [0.1, 0.15) is 6.10 Å². The van der Waals surface area contributed by atoms with Gasteiger partial charge >= 0.3 is 0 Å². The highest BCUT2D eigenvalue weighted by Gasteiger charge is 2.29. The molecule has 17 heavy (non-hydrogen) atoms. The van der Waals surface area contributed by atoms with Gasteiger partial charge in [-0.1, -0.05) is 13.8 Å². The van der Waals surface area contributed by atoms with Crippen LogP contribution >= 0.6 is 0 Å². The maximum Gasteiger partial charge on any atom is 0.251 e. The molecule has 1 saturated heterocycles. The molecule has 0 aromatic heterocycles. The zero-order valence-corrected chi connectivity index (χ0v) is 11.2. The van der Waals surface area contributed by atoms with Gasteiger partial charge in [0, 0.05) is 25.7 Å². The third-order valence-electron chi connectivity index (χ3n) is 3.49. The smallest absolute Gasteiger partial charge is 0.251 e. The van der Waals surface area contributed by atoms with Crippen molar-refractivity contribution in [2.24, 2.45) is 5.73 Å². The van der Waals surface area contributed by atoms with E-state index >= 15 is 0 Å². The third-order valence-corrected chi connectivity index (χ3v) is 3.49. The molecule has 1 heterocycles. The van der Waals surface area contributed by atoms with Crippen LogP contribution in [0, 0.1) is 0 Å². The van der Waals surface area contributed by atoms with E-state index in [0.717, 1.165) is 38.7 Å². The summed E-state index contributed by atoms with van der Waals surface area (Å²) >= 11 is 0.